The molecule has 4 aromatic rings. The molecule has 4 nitrogen and oxygen atoms in total. The third-order valence-corrected chi connectivity index (χ3v) is 6.12. The molecular formula is C22H22ClN3OS. The molecule has 2 N–H and O–H groups in total. The molecule has 2 aromatic heterocycles. The Morgan fingerprint density at radius 1 is 0.929 bits per heavy atom. The largest absolute Gasteiger partial charge is 0.412 e. The Balaban J connectivity index is 0.00000112. The molecule has 3 heterocycles. The number of fused-ring (bicyclic) bond motifs is 2. The minimum Gasteiger partial charge on any atom is -0.412 e. The highest BCUT2D eigenvalue weighted by Crippen LogP contribution is 2.38. The van der Waals surface area contributed by atoms with Gasteiger partial charge >= 0.3 is 0 Å². The van der Waals surface area contributed by atoms with E-state index in [0.717, 1.165) is 36.7 Å². The van der Waals surface area contributed by atoms with Gasteiger partial charge in [-0.25, -0.2) is 9.97 Å². The van der Waals surface area contributed by atoms with Crippen LogP contribution >= 0.6 is 23.7 Å². The van der Waals surface area contributed by atoms with E-state index in [-0.39, 0.29) is 17.9 Å². The first kappa shape index (κ1) is 20.3. The standard InChI is InChI=1S/C22H19N3S.ClH.H2O/c1-15-23-19-13-20(17-8-3-2-4-9-17)26-21(19)22(24-15)25-12-11-16-7-5-6-10-18(16)14-25;;/h2-10,13H,11-12,14H2,1H3;1H;1H2. The third-order valence-electron chi connectivity index (χ3n) is 4.95. The minimum absolute atomic E-state index is 0. The van der Waals surface area contributed by atoms with Crippen molar-refractivity contribution in [2.24, 2.45) is 0 Å². The molecule has 0 saturated carbocycles. The van der Waals surface area contributed by atoms with Crippen LogP contribution in [0.5, 0.6) is 0 Å². The second-order valence-corrected chi connectivity index (χ2v) is 7.78. The van der Waals surface area contributed by atoms with Gasteiger partial charge < -0.3 is 10.4 Å². The van der Waals surface area contributed by atoms with Gasteiger partial charge in [-0.2, -0.15) is 0 Å². The maximum atomic E-state index is 4.83. The molecule has 1 aliphatic rings. The molecule has 0 radical (unpaired) electrons. The molecule has 1 aliphatic heterocycles. The maximum absolute atomic E-state index is 4.83. The van der Waals surface area contributed by atoms with Crippen LogP contribution < -0.4 is 4.90 Å². The quantitative estimate of drug-likeness (QED) is 0.474. The highest BCUT2D eigenvalue weighted by atomic mass is 35.5. The lowest BCUT2D eigenvalue weighted by molar-refractivity contribution is 0.722. The molecule has 0 atom stereocenters. The highest BCUT2D eigenvalue weighted by molar-refractivity contribution is 7.22. The van der Waals surface area contributed by atoms with Crippen LogP contribution in [0.15, 0.2) is 60.7 Å². The summed E-state index contributed by atoms with van der Waals surface area (Å²) in [4.78, 5) is 13.2. The molecule has 144 valence electrons. The highest BCUT2D eigenvalue weighted by Gasteiger charge is 2.21. The van der Waals surface area contributed by atoms with Crippen LogP contribution in [0.1, 0.15) is 17.0 Å². The summed E-state index contributed by atoms with van der Waals surface area (Å²) in [6.07, 6.45) is 1.07. The van der Waals surface area contributed by atoms with Crippen LogP contribution in [0.4, 0.5) is 5.82 Å². The van der Waals surface area contributed by atoms with Gasteiger partial charge in [0.15, 0.2) is 5.82 Å². The Bertz CT molecular complexity index is 1100. The average molecular weight is 412 g/mol. The van der Waals surface area contributed by atoms with E-state index >= 15 is 0 Å². The van der Waals surface area contributed by atoms with Crippen molar-refractivity contribution in [3.63, 3.8) is 0 Å². The Morgan fingerprint density at radius 3 is 2.43 bits per heavy atom. The monoisotopic (exact) mass is 411 g/mol. The fourth-order valence-electron chi connectivity index (χ4n) is 3.66. The average Bonchev–Trinajstić information content (AvgIpc) is 3.11. The first-order valence-corrected chi connectivity index (χ1v) is 9.75. The molecule has 2 aromatic carbocycles. The fourth-order valence-corrected chi connectivity index (χ4v) is 4.78. The first-order valence-electron chi connectivity index (χ1n) is 8.93. The number of rotatable bonds is 2. The van der Waals surface area contributed by atoms with Crippen molar-refractivity contribution in [3.8, 4) is 10.4 Å². The number of anilines is 1. The molecule has 5 rings (SSSR count). The van der Waals surface area contributed by atoms with Crippen molar-refractivity contribution in [1.29, 1.82) is 0 Å². The van der Waals surface area contributed by atoms with Crippen molar-refractivity contribution >= 4 is 39.8 Å². The lowest BCUT2D eigenvalue weighted by Gasteiger charge is -2.30. The summed E-state index contributed by atoms with van der Waals surface area (Å²) in [6, 6.07) is 21.5. The van der Waals surface area contributed by atoms with Crippen LogP contribution in [0.25, 0.3) is 20.7 Å². The topological polar surface area (TPSA) is 60.5 Å². The van der Waals surface area contributed by atoms with Crippen LogP contribution in [-0.4, -0.2) is 22.0 Å². The number of hydrogen-bond donors (Lipinski definition) is 0. The molecule has 0 bridgehead atoms. The number of hydrogen-bond acceptors (Lipinski definition) is 4. The van der Waals surface area contributed by atoms with Crippen LogP contribution in [-0.2, 0) is 13.0 Å². The lowest BCUT2D eigenvalue weighted by atomic mass is 10.00. The van der Waals surface area contributed by atoms with Crippen molar-refractivity contribution < 1.29 is 5.48 Å². The van der Waals surface area contributed by atoms with Crippen molar-refractivity contribution in [2.45, 2.75) is 19.9 Å². The number of halogens is 1. The third kappa shape index (κ3) is 3.61. The first-order chi connectivity index (χ1) is 12.8. The number of nitrogens with zero attached hydrogens (tertiary/aromatic N) is 3. The summed E-state index contributed by atoms with van der Waals surface area (Å²) >= 11 is 1.79. The number of aryl methyl sites for hydroxylation is 1. The van der Waals surface area contributed by atoms with Crippen molar-refractivity contribution in [2.75, 3.05) is 11.4 Å². The lowest BCUT2D eigenvalue weighted by Crippen LogP contribution is -2.31. The Kier molecular flexibility index (Phi) is 5.98. The van der Waals surface area contributed by atoms with Gasteiger partial charge in [-0.05, 0) is 36.1 Å². The predicted molar refractivity (Wildman–Crippen MR) is 120 cm³/mol. The summed E-state index contributed by atoms with van der Waals surface area (Å²) < 4.78 is 1.19. The van der Waals surface area contributed by atoms with Gasteiger partial charge in [0.1, 0.15) is 5.82 Å². The molecule has 0 spiro atoms. The van der Waals surface area contributed by atoms with E-state index in [2.05, 4.69) is 65.6 Å². The van der Waals surface area contributed by atoms with Gasteiger partial charge in [-0.1, -0.05) is 54.6 Å². The van der Waals surface area contributed by atoms with Gasteiger partial charge in [-0.15, -0.1) is 23.7 Å². The SMILES string of the molecule is Cc1nc(N2CCc3ccccc3C2)c2sc(-c3ccccc3)cc2n1.Cl.O. The molecular weight excluding hydrogens is 390 g/mol. The van der Waals surface area contributed by atoms with Crippen molar-refractivity contribution in [1.82, 2.24) is 9.97 Å². The zero-order valence-corrected chi connectivity index (χ0v) is 17.2. The molecule has 0 fully saturated rings. The van der Waals surface area contributed by atoms with Crippen LogP contribution in [0.3, 0.4) is 0 Å². The van der Waals surface area contributed by atoms with E-state index < -0.39 is 0 Å². The predicted octanol–water partition coefficient (Wildman–Crippen LogP) is 4.83. The van der Waals surface area contributed by atoms with Crippen LogP contribution in [0.2, 0.25) is 0 Å². The van der Waals surface area contributed by atoms with E-state index in [4.69, 9.17) is 9.97 Å². The Hall–Kier alpha value is -2.47. The molecule has 6 heteroatoms. The molecule has 0 unspecified atom stereocenters. The van der Waals surface area contributed by atoms with Crippen LogP contribution in [0, 0.1) is 6.92 Å². The second-order valence-electron chi connectivity index (χ2n) is 6.73. The van der Waals surface area contributed by atoms with Crippen molar-refractivity contribution in [3.05, 3.63) is 77.6 Å². The summed E-state index contributed by atoms with van der Waals surface area (Å²) in [5.41, 5.74) is 5.16. The van der Waals surface area contributed by atoms with E-state index in [9.17, 15) is 0 Å². The molecule has 0 aliphatic carbocycles. The normalized spacial score (nSPS) is 12.8. The van der Waals surface area contributed by atoms with Gasteiger partial charge in [0.25, 0.3) is 0 Å². The van der Waals surface area contributed by atoms with Gasteiger partial charge in [0.05, 0.1) is 10.2 Å². The minimum atomic E-state index is 0. The van der Waals surface area contributed by atoms with E-state index in [1.165, 1.54) is 26.3 Å². The maximum Gasteiger partial charge on any atom is 0.150 e. The van der Waals surface area contributed by atoms with E-state index in [1.807, 2.05) is 6.92 Å². The summed E-state index contributed by atoms with van der Waals surface area (Å²) in [7, 11) is 0. The second kappa shape index (κ2) is 8.27. The number of thiophene rings is 1. The number of benzene rings is 2. The van der Waals surface area contributed by atoms with E-state index in [1.54, 1.807) is 11.3 Å². The Labute approximate surface area is 174 Å². The number of aromatic nitrogens is 2. The van der Waals surface area contributed by atoms with Gasteiger partial charge in [0, 0.05) is 18.0 Å². The van der Waals surface area contributed by atoms with Gasteiger partial charge in [0.2, 0.25) is 0 Å². The summed E-state index contributed by atoms with van der Waals surface area (Å²) in [5.74, 6) is 1.91. The molecule has 0 amide bonds. The summed E-state index contributed by atoms with van der Waals surface area (Å²) in [5, 5.41) is 0. The zero-order valence-electron chi connectivity index (χ0n) is 15.6. The fraction of sp³-hybridized carbons (Fsp3) is 0.182. The molecule has 0 saturated heterocycles. The van der Waals surface area contributed by atoms with Gasteiger partial charge in [-0.3, -0.25) is 0 Å². The smallest absolute Gasteiger partial charge is 0.150 e. The Morgan fingerprint density at radius 2 is 1.64 bits per heavy atom. The zero-order chi connectivity index (χ0) is 17.5. The van der Waals surface area contributed by atoms with E-state index in [0.29, 0.717) is 0 Å². The summed E-state index contributed by atoms with van der Waals surface area (Å²) in [6.45, 7) is 3.90. The molecule has 28 heavy (non-hydrogen) atoms.